The summed E-state index contributed by atoms with van der Waals surface area (Å²) in [5.41, 5.74) is 0.0722. The van der Waals surface area contributed by atoms with E-state index < -0.39 is 4.92 Å². The largest absolute Gasteiger partial charge is 0.306 e. The number of rotatable bonds is 5. The van der Waals surface area contributed by atoms with E-state index in [4.69, 9.17) is 0 Å². The van der Waals surface area contributed by atoms with E-state index >= 15 is 0 Å². The highest BCUT2D eigenvalue weighted by atomic mass is 16.6. The maximum absolute atomic E-state index is 10.5. The quantitative estimate of drug-likeness (QED) is 0.578. The van der Waals surface area contributed by atoms with Gasteiger partial charge in [0.2, 0.25) is 0 Å². The normalized spacial score (nSPS) is 17.2. The number of hydrogen-bond acceptors (Lipinski definition) is 4. The van der Waals surface area contributed by atoms with Gasteiger partial charge in [-0.15, -0.1) is 0 Å². The minimum atomic E-state index is -0.409. The molecule has 1 aliphatic rings. The van der Waals surface area contributed by atoms with Gasteiger partial charge in [0.05, 0.1) is 4.92 Å². The Morgan fingerprint density at radius 3 is 2.71 bits per heavy atom. The fourth-order valence-electron chi connectivity index (χ4n) is 2.21. The van der Waals surface area contributed by atoms with Crippen molar-refractivity contribution in [2.75, 3.05) is 19.6 Å². The van der Waals surface area contributed by atoms with Gasteiger partial charge in [0, 0.05) is 6.54 Å². The lowest BCUT2D eigenvalue weighted by Crippen LogP contribution is -2.31. The zero-order chi connectivity index (χ0) is 12.1. The molecule has 1 aliphatic heterocycles. The van der Waals surface area contributed by atoms with Crippen LogP contribution in [0.3, 0.4) is 0 Å². The first-order valence-electron chi connectivity index (χ1n) is 6.15. The van der Waals surface area contributed by atoms with Gasteiger partial charge >= 0.3 is 5.69 Å². The summed E-state index contributed by atoms with van der Waals surface area (Å²) < 4.78 is 1.65. The van der Waals surface area contributed by atoms with Gasteiger partial charge < -0.3 is 4.90 Å². The van der Waals surface area contributed by atoms with Crippen molar-refractivity contribution in [3.05, 3.63) is 22.5 Å². The van der Waals surface area contributed by atoms with Crippen molar-refractivity contribution < 1.29 is 4.92 Å². The van der Waals surface area contributed by atoms with E-state index in [1.807, 2.05) is 0 Å². The molecular formula is C11H18N4O2. The molecule has 1 aromatic heterocycles. The van der Waals surface area contributed by atoms with Gasteiger partial charge in [0.15, 0.2) is 0 Å². The third-order valence-electron chi connectivity index (χ3n) is 3.14. The maximum atomic E-state index is 10.5. The van der Waals surface area contributed by atoms with Crippen molar-refractivity contribution in [3.63, 3.8) is 0 Å². The molecule has 6 heteroatoms. The molecule has 17 heavy (non-hydrogen) atoms. The average molecular weight is 238 g/mol. The second-order valence-corrected chi connectivity index (χ2v) is 4.47. The van der Waals surface area contributed by atoms with Crippen LogP contribution in [0.2, 0.25) is 0 Å². The van der Waals surface area contributed by atoms with Crippen LogP contribution in [0.5, 0.6) is 0 Å². The number of likely N-dealkylation sites (tertiary alicyclic amines) is 1. The zero-order valence-corrected chi connectivity index (χ0v) is 9.92. The topological polar surface area (TPSA) is 64.2 Å². The van der Waals surface area contributed by atoms with Crippen molar-refractivity contribution in [1.82, 2.24) is 14.7 Å². The van der Waals surface area contributed by atoms with Crippen LogP contribution in [-0.2, 0) is 6.54 Å². The number of aromatic nitrogens is 2. The molecular weight excluding hydrogens is 220 g/mol. The molecule has 0 radical (unpaired) electrons. The van der Waals surface area contributed by atoms with Crippen molar-refractivity contribution in [2.45, 2.75) is 32.2 Å². The molecule has 0 aliphatic carbocycles. The zero-order valence-electron chi connectivity index (χ0n) is 9.92. The highest BCUT2D eigenvalue weighted by Gasteiger charge is 2.11. The molecule has 2 rings (SSSR count). The smallest absolute Gasteiger partial charge is 0.303 e. The van der Waals surface area contributed by atoms with Crippen molar-refractivity contribution in [1.29, 1.82) is 0 Å². The second kappa shape index (κ2) is 5.77. The third-order valence-corrected chi connectivity index (χ3v) is 3.14. The van der Waals surface area contributed by atoms with Crippen LogP contribution in [-0.4, -0.2) is 39.2 Å². The van der Waals surface area contributed by atoms with Crippen molar-refractivity contribution in [2.24, 2.45) is 0 Å². The van der Waals surface area contributed by atoms with Gasteiger partial charge in [0.25, 0.3) is 0 Å². The Balaban J connectivity index is 1.71. The molecule has 1 saturated heterocycles. The molecule has 0 spiro atoms. The molecule has 2 heterocycles. The Morgan fingerprint density at radius 2 is 2.06 bits per heavy atom. The predicted molar refractivity (Wildman–Crippen MR) is 63.8 cm³/mol. The summed E-state index contributed by atoms with van der Waals surface area (Å²) in [6, 6.07) is 0. The van der Waals surface area contributed by atoms with Crippen molar-refractivity contribution in [3.8, 4) is 0 Å². The minimum Gasteiger partial charge on any atom is -0.303 e. The number of nitro groups is 1. The number of hydrogen-bond donors (Lipinski definition) is 0. The van der Waals surface area contributed by atoms with Crippen molar-refractivity contribution >= 4 is 5.69 Å². The van der Waals surface area contributed by atoms with Crippen LogP contribution in [0, 0.1) is 10.1 Å². The average Bonchev–Trinajstić information content (AvgIpc) is 2.79. The molecule has 0 N–H and O–H groups in total. The highest BCUT2D eigenvalue weighted by Crippen LogP contribution is 2.10. The second-order valence-electron chi connectivity index (χ2n) is 4.47. The first-order chi connectivity index (χ1) is 8.25. The van der Waals surface area contributed by atoms with Gasteiger partial charge in [-0.2, -0.15) is 5.10 Å². The Labute approximate surface area is 100 Å². The molecule has 6 nitrogen and oxygen atoms in total. The molecule has 0 aromatic carbocycles. The fraction of sp³-hybridized carbons (Fsp3) is 0.727. The monoisotopic (exact) mass is 238 g/mol. The van der Waals surface area contributed by atoms with E-state index in [-0.39, 0.29) is 5.69 Å². The Morgan fingerprint density at radius 1 is 1.29 bits per heavy atom. The van der Waals surface area contributed by atoms with Gasteiger partial charge in [-0.3, -0.25) is 14.8 Å². The molecule has 0 unspecified atom stereocenters. The predicted octanol–water partition coefficient (Wildman–Crippen LogP) is 1.67. The third kappa shape index (κ3) is 3.52. The Kier molecular flexibility index (Phi) is 4.08. The molecule has 0 saturated carbocycles. The van der Waals surface area contributed by atoms with E-state index in [9.17, 15) is 10.1 Å². The van der Waals surface area contributed by atoms with Crippen LogP contribution in [0.1, 0.15) is 25.7 Å². The molecule has 0 bridgehead atoms. The lowest BCUT2D eigenvalue weighted by Gasteiger charge is -2.26. The van der Waals surface area contributed by atoms with Gasteiger partial charge in [0.1, 0.15) is 12.4 Å². The van der Waals surface area contributed by atoms with Crippen LogP contribution < -0.4 is 0 Å². The molecule has 1 aromatic rings. The SMILES string of the molecule is O=[N+]([O-])c1cnn(CCCN2CCCCC2)c1. The molecule has 94 valence electrons. The van der Waals surface area contributed by atoms with E-state index in [0.717, 1.165) is 19.5 Å². The van der Waals surface area contributed by atoms with Crippen LogP contribution in [0.25, 0.3) is 0 Å². The van der Waals surface area contributed by atoms with E-state index in [1.165, 1.54) is 44.7 Å². The van der Waals surface area contributed by atoms with Crippen LogP contribution in [0.4, 0.5) is 5.69 Å². The number of piperidine rings is 1. The molecule has 0 amide bonds. The van der Waals surface area contributed by atoms with Gasteiger partial charge in [-0.25, -0.2) is 0 Å². The van der Waals surface area contributed by atoms with E-state index in [0.29, 0.717) is 0 Å². The first-order valence-corrected chi connectivity index (χ1v) is 6.15. The maximum Gasteiger partial charge on any atom is 0.306 e. The lowest BCUT2D eigenvalue weighted by molar-refractivity contribution is -0.385. The minimum absolute atomic E-state index is 0.0722. The number of aryl methyl sites for hydroxylation is 1. The van der Waals surface area contributed by atoms with Gasteiger partial charge in [-0.05, 0) is 38.9 Å². The summed E-state index contributed by atoms with van der Waals surface area (Å²) in [6.07, 6.45) is 7.75. The summed E-state index contributed by atoms with van der Waals surface area (Å²) in [4.78, 5) is 12.5. The van der Waals surface area contributed by atoms with Crippen LogP contribution in [0.15, 0.2) is 12.4 Å². The number of nitrogens with zero attached hydrogens (tertiary/aromatic N) is 4. The molecule has 0 atom stereocenters. The summed E-state index contributed by atoms with van der Waals surface area (Å²) >= 11 is 0. The van der Waals surface area contributed by atoms with E-state index in [1.54, 1.807) is 4.68 Å². The summed E-state index contributed by atoms with van der Waals surface area (Å²) in [7, 11) is 0. The Bertz CT molecular complexity index is 371. The Hall–Kier alpha value is -1.43. The van der Waals surface area contributed by atoms with E-state index in [2.05, 4.69) is 10.00 Å². The summed E-state index contributed by atoms with van der Waals surface area (Å²) in [6.45, 7) is 4.20. The fourth-order valence-corrected chi connectivity index (χ4v) is 2.21. The standard InChI is InChI=1S/C11H18N4O2/c16-15(17)11-9-12-14(10-11)8-4-7-13-5-2-1-3-6-13/h9-10H,1-8H2. The van der Waals surface area contributed by atoms with Gasteiger partial charge in [-0.1, -0.05) is 6.42 Å². The first kappa shape index (κ1) is 12.0. The highest BCUT2D eigenvalue weighted by molar-refractivity contribution is 5.20. The van der Waals surface area contributed by atoms with Crippen LogP contribution >= 0.6 is 0 Å². The summed E-state index contributed by atoms with van der Waals surface area (Å²) in [5.74, 6) is 0. The lowest BCUT2D eigenvalue weighted by atomic mass is 10.1. The summed E-state index contributed by atoms with van der Waals surface area (Å²) in [5, 5.41) is 14.5. The molecule has 1 fully saturated rings.